The lowest BCUT2D eigenvalue weighted by Crippen LogP contribution is -2.20. The van der Waals surface area contributed by atoms with Gasteiger partial charge in [0.15, 0.2) is 5.75 Å². The summed E-state index contributed by atoms with van der Waals surface area (Å²) in [4.78, 5) is 22.7. The first-order valence-corrected chi connectivity index (χ1v) is 7.28. The summed E-state index contributed by atoms with van der Waals surface area (Å²) in [7, 11) is 2.83. The third-order valence-electron chi connectivity index (χ3n) is 3.47. The van der Waals surface area contributed by atoms with Crippen molar-refractivity contribution >= 4 is 17.3 Å². The van der Waals surface area contributed by atoms with Crippen LogP contribution in [-0.4, -0.2) is 30.8 Å². The Bertz CT molecular complexity index is 833. The minimum Gasteiger partial charge on any atom is -0.496 e. The molecule has 8 heteroatoms. The van der Waals surface area contributed by atoms with Crippen molar-refractivity contribution in [2.75, 3.05) is 14.2 Å². The van der Waals surface area contributed by atoms with Crippen LogP contribution in [0.3, 0.4) is 0 Å². The lowest BCUT2D eigenvalue weighted by molar-refractivity contribution is -0.385. The predicted molar refractivity (Wildman–Crippen MR) is 92.3 cm³/mol. The highest BCUT2D eigenvalue weighted by Gasteiger charge is 2.16. The van der Waals surface area contributed by atoms with E-state index in [-0.39, 0.29) is 11.4 Å². The first kappa shape index (κ1) is 17.9. The number of methoxy groups -OCH3 is 2. The minimum absolute atomic E-state index is 0.152. The second-order valence-electron chi connectivity index (χ2n) is 4.98. The van der Waals surface area contributed by atoms with Gasteiger partial charge in [0.2, 0.25) is 0 Å². The van der Waals surface area contributed by atoms with Crippen molar-refractivity contribution in [3.05, 3.63) is 63.7 Å². The van der Waals surface area contributed by atoms with E-state index in [1.807, 2.05) is 0 Å². The number of carbonyl (C=O) groups is 1. The molecule has 0 spiro atoms. The molecule has 0 saturated carbocycles. The fourth-order valence-corrected chi connectivity index (χ4v) is 2.15. The van der Waals surface area contributed by atoms with E-state index in [2.05, 4.69) is 10.5 Å². The van der Waals surface area contributed by atoms with Gasteiger partial charge in [0.25, 0.3) is 5.91 Å². The maximum absolute atomic E-state index is 12.2. The van der Waals surface area contributed by atoms with E-state index in [1.54, 1.807) is 37.3 Å². The maximum atomic E-state index is 12.2. The normalized spacial score (nSPS) is 10.9. The molecular weight excluding hydrogens is 326 g/mol. The first-order valence-electron chi connectivity index (χ1n) is 7.28. The molecular formula is C17H17N3O5. The molecule has 0 aromatic heterocycles. The quantitative estimate of drug-likeness (QED) is 0.493. The third-order valence-corrected chi connectivity index (χ3v) is 3.47. The van der Waals surface area contributed by atoms with Crippen LogP contribution in [-0.2, 0) is 0 Å². The lowest BCUT2D eigenvalue weighted by Gasteiger charge is -2.08. The number of amides is 1. The second-order valence-corrected chi connectivity index (χ2v) is 4.98. The number of carbonyl (C=O) groups excluding carboxylic acids is 1. The van der Waals surface area contributed by atoms with Crippen LogP contribution < -0.4 is 14.9 Å². The highest BCUT2D eigenvalue weighted by atomic mass is 16.6. The van der Waals surface area contributed by atoms with Crippen molar-refractivity contribution in [1.82, 2.24) is 5.43 Å². The number of hydrazone groups is 1. The summed E-state index contributed by atoms with van der Waals surface area (Å²) in [5.74, 6) is 0.132. The SMILES string of the molecule is COc1ccccc1C(=O)N/N=C(/C)c1ccc(OC)c([N+](=O)[O-])c1. The number of hydrogen-bond acceptors (Lipinski definition) is 6. The number of nitro groups is 1. The van der Waals surface area contributed by atoms with Gasteiger partial charge in [-0.25, -0.2) is 5.43 Å². The van der Waals surface area contributed by atoms with Crippen LogP contribution in [0.4, 0.5) is 5.69 Å². The highest BCUT2D eigenvalue weighted by Crippen LogP contribution is 2.27. The number of benzene rings is 2. The van der Waals surface area contributed by atoms with Crippen LogP contribution in [0.15, 0.2) is 47.6 Å². The number of nitrogens with one attached hydrogen (secondary N) is 1. The van der Waals surface area contributed by atoms with Crippen LogP contribution in [0.2, 0.25) is 0 Å². The molecule has 0 saturated heterocycles. The molecule has 0 aliphatic carbocycles. The standard InChI is InChI=1S/C17H17N3O5/c1-11(12-8-9-16(25-3)14(10-12)20(22)23)18-19-17(21)13-6-4-5-7-15(13)24-2/h4-10H,1-3H3,(H,19,21)/b18-11-. The molecule has 1 N–H and O–H groups in total. The summed E-state index contributed by atoms with van der Waals surface area (Å²) < 4.78 is 10.1. The van der Waals surface area contributed by atoms with Crippen molar-refractivity contribution in [2.45, 2.75) is 6.92 Å². The molecule has 0 aliphatic rings. The zero-order chi connectivity index (χ0) is 18.4. The summed E-state index contributed by atoms with van der Waals surface area (Å²) in [6, 6.07) is 11.2. The van der Waals surface area contributed by atoms with Gasteiger partial charge in [0, 0.05) is 11.6 Å². The topological polar surface area (TPSA) is 103 Å². The van der Waals surface area contributed by atoms with E-state index >= 15 is 0 Å². The molecule has 2 aromatic carbocycles. The second kappa shape index (κ2) is 7.91. The fourth-order valence-electron chi connectivity index (χ4n) is 2.15. The molecule has 0 bridgehead atoms. The maximum Gasteiger partial charge on any atom is 0.311 e. The van der Waals surface area contributed by atoms with Crippen LogP contribution in [0.5, 0.6) is 11.5 Å². The molecule has 2 aromatic rings. The molecule has 25 heavy (non-hydrogen) atoms. The number of para-hydroxylation sites is 1. The Morgan fingerprint density at radius 3 is 2.44 bits per heavy atom. The summed E-state index contributed by atoms with van der Waals surface area (Å²) in [5.41, 5.74) is 3.48. The van der Waals surface area contributed by atoms with Crippen LogP contribution >= 0.6 is 0 Å². The minimum atomic E-state index is -0.539. The van der Waals surface area contributed by atoms with Crippen molar-refractivity contribution in [3.63, 3.8) is 0 Å². The summed E-state index contributed by atoms with van der Waals surface area (Å²) in [6.07, 6.45) is 0. The van der Waals surface area contributed by atoms with Gasteiger partial charge in [-0.2, -0.15) is 5.10 Å². The first-order chi connectivity index (χ1) is 12.0. The highest BCUT2D eigenvalue weighted by molar-refractivity contribution is 6.02. The van der Waals surface area contributed by atoms with Gasteiger partial charge in [-0.1, -0.05) is 12.1 Å². The van der Waals surface area contributed by atoms with Crippen molar-refractivity contribution < 1.29 is 19.2 Å². The number of hydrogen-bond donors (Lipinski definition) is 1. The van der Waals surface area contributed by atoms with Gasteiger partial charge in [-0.15, -0.1) is 0 Å². The zero-order valence-electron chi connectivity index (χ0n) is 14.0. The average Bonchev–Trinajstić information content (AvgIpc) is 2.65. The van der Waals surface area contributed by atoms with Gasteiger partial charge in [-0.05, 0) is 31.2 Å². The third kappa shape index (κ3) is 4.11. The average molecular weight is 343 g/mol. The molecule has 0 atom stereocenters. The molecule has 8 nitrogen and oxygen atoms in total. The lowest BCUT2D eigenvalue weighted by atomic mass is 10.1. The smallest absolute Gasteiger partial charge is 0.311 e. The number of rotatable bonds is 6. The van der Waals surface area contributed by atoms with E-state index in [1.165, 1.54) is 26.4 Å². The van der Waals surface area contributed by atoms with Crippen LogP contribution in [0.1, 0.15) is 22.8 Å². The predicted octanol–water partition coefficient (Wildman–Crippen LogP) is 2.77. The van der Waals surface area contributed by atoms with Gasteiger partial charge in [-0.3, -0.25) is 14.9 Å². The molecule has 2 rings (SSSR count). The molecule has 130 valence electrons. The Morgan fingerprint density at radius 1 is 1.12 bits per heavy atom. The Kier molecular flexibility index (Phi) is 5.67. The summed E-state index contributed by atoms with van der Waals surface area (Å²) in [5, 5.41) is 15.1. The monoisotopic (exact) mass is 343 g/mol. The van der Waals surface area contributed by atoms with Crippen LogP contribution in [0.25, 0.3) is 0 Å². The Morgan fingerprint density at radius 2 is 1.80 bits per heavy atom. The van der Waals surface area contributed by atoms with E-state index in [9.17, 15) is 14.9 Å². The Balaban J connectivity index is 2.23. The molecule has 0 heterocycles. The largest absolute Gasteiger partial charge is 0.496 e. The van der Waals surface area contributed by atoms with Gasteiger partial charge in [0.1, 0.15) is 5.75 Å². The number of nitrogens with zero attached hydrogens (tertiary/aromatic N) is 2. The molecule has 0 fully saturated rings. The molecule has 0 unspecified atom stereocenters. The Hall–Kier alpha value is -3.42. The Labute approximate surface area is 144 Å². The fraction of sp³-hybridized carbons (Fsp3) is 0.176. The molecule has 0 radical (unpaired) electrons. The molecule has 0 aliphatic heterocycles. The van der Waals surface area contributed by atoms with E-state index in [0.717, 1.165) is 0 Å². The number of nitro benzene ring substituents is 1. The van der Waals surface area contributed by atoms with Crippen LogP contribution in [0, 0.1) is 10.1 Å². The van der Waals surface area contributed by atoms with Gasteiger partial charge >= 0.3 is 5.69 Å². The number of ether oxygens (including phenoxy) is 2. The summed E-state index contributed by atoms with van der Waals surface area (Å²) in [6.45, 7) is 1.63. The van der Waals surface area contributed by atoms with E-state index in [4.69, 9.17) is 9.47 Å². The van der Waals surface area contributed by atoms with Crippen molar-refractivity contribution in [1.29, 1.82) is 0 Å². The van der Waals surface area contributed by atoms with Crippen molar-refractivity contribution in [2.24, 2.45) is 5.10 Å². The van der Waals surface area contributed by atoms with Crippen molar-refractivity contribution in [3.8, 4) is 11.5 Å². The summed E-state index contributed by atoms with van der Waals surface area (Å²) >= 11 is 0. The van der Waals surface area contributed by atoms with Gasteiger partial charge in [0.05, 0.1) is 30.4 Å². The van der Waals surface area contributed by atoms with E-state index < -0.39 is 10.8 Å². The van der Waals surface area contributed by atoms with Gasteiger partial charge < -0.3 is 9.47 Å². The zero-order valence-corrected chi connectivity index (χ0v) is 14.0. The van der Waals surface area contributed by atoms with E-state index in [0.29, 0.717) is 22.6 Å². The molecule has 1 amide bonds.